The van der Waals surface area contributed by atoms with Crippen LogP contribution in [0.2, 0.25) is 0 Å². The molecule has 0 spiro atoms. The summed E-state index contributed by atoms with van der Waals surface area (Å²) in [4.78, 5) is 21.5. The molecule has 8 nitrogen and oxygen atoms in total. The van der Waals surface area contributed by atoms with Gasteiger partial charge in [0, 0.05) is 11.6 Å². The first-order valence-corrected chi connectivity index (χ1v) is 5.74. The van der Waals surface area contributed by atoms with E-state index in [1.54, 1.807) is 6.07 Å². The van der Waals surface area contributed by atoms with E-state index in [0.29, 0.717) is 9.13 Å². The maximum Gasteiger partial charge on any atom is 0.283 e. The number of rotatable bonds is 3. The smallest absolute Gasteiger partial charge is 0.283 e. The minimum atomic E-state index is -0.749. The predicted molar refractivity (Wildman–Crippen MR) is 69.7 cm³/mol. The fourth-order valence-corrected chi connectivity index (χ4v) is 2.25. The van der Waals surface area contributed by atoms with Gasteiger partial charge in [-0.15, -0.1) is 0 Å². The van der Waals surface area contributed by atoms with Gasteiger partial charge < -0.3 is 5.73 Å². The molecule has 2 rings (SSSR count). The lowest BCUT2D eigenvalue weighted by atomic mass is 10.1. The Morgan fingerprint density at radius 2 is 2.17 bits per heavy atom. The van der Waals surface area contributed by atoms with E-state index >= 15 is 0 Å². The molecule has 1 aromatic carbocycles. The van der Waals surface area contributed by atoms with Crippen molar-refractivity contribution in [1.29, 1.82) is 0 Å². The van der Waals surface area contributed by atoms with Gasteiger partial charge in [0.1, 0.15) is 9.26 Å². The minimum absolute atomic E-state index is 0.0478. The summed E-state index contributed by atoms with van der Waals surface area (Å²) >= 11 is 1.82. The summed E-state index contributed by atoms with van der Waals surface area (Å²) in [6.45, 7) is 0. The second-order valence-corrected chi connectivity index (χ2v) is 4.36. The molecule has 0 radical (unpaired) electrons. The third-order valence-electron chi connectivity index (χ3n) is 2.21. The van der Waals surface area contributed by atoms with Gasteiger partial charge in [-0.25, -0.2) is 0 Å². The Hall–Kier alpha value is -2.04. The molecule has 0 aliphatic carbocycles. The van der Waals surface area contributed by atoms with Crippen LogP contribution in [0.3, 0.4) is 0 Å². The number of hydrogen-bond donors (Lipinski definition) is 2. The number of nitro groups is 1. The maximum atomic E-state index is 11.1. The van der Waals surface area contributed by atoms with Crippen LogP contribution >= 0.6 is 22.6 Å². The number of aromatic amines is 1. The molecule has 0 saturated carbocycles. The molecule has 1 heterocycles. The summed E-state index contributed by atoms with van der Waals surface area (Å²) in [5.41, 5.74) is 5.68. The Balaban J connectivity index is 2.65. The molecule has 3 N–H and O–H groups in total. The van der Waals surface area contributed by atoms with E-state index in [9.17, 15) is 14.9 Å². The first-order valence-electron chi connectivity index (χ1n) is 4.66. The number of H-pyrrole nitrogens is 1. The molecule has 18 heavy (non-hydrogen) atoms. The third kappa shape index (κ3) is 2.03. The van der Waals surface area contributed by atoms with Crippen molar-refractivity contribution in [2.75, 3.05) is 0 Å². The van der Waals surface area contributed by atoms with Crippen LogP contribution < -0.4 is 5.73 Å². The number of nitrogens with one attached hydrogen (secondary N) is 1. The Morgan fingerprint density at radius 3 is 2.78 bits per heavy atom. The molecule has 0 bridgehead atoms. The number of nitrogens with zero attached hydrogens (tertiary/aromatic N) is 3. The Bertz CT molecular complexity index is 639. The molecule has 2 aromatic rings. The molecule has 0 saturated heterocycles. The zero-order valence-electron chi connectivity index (χ0n) is 8.75. The van der Waals surface area contributed by atoms with Crippen molar-refractivity contribution in [3.05, 3.63) is 37.6 Å². The van der Waals surface area contributed by atoms with Crippen LogP contribution in [0.25, 0.3) is 11.3 Å². The summed E-state index contributed by atoms with van der Waals surface area (Å²) in [7, 11) is 0. The van der Waals surface area contributed by atoms with Gasteiger partial charge >= 0.3 is 0 Å². The third-order valence-corrected chi connectivity index (χ3v) is 3.35. The van der Waals surface area contributed by atoms with Crippen molar-refractivity contribution in [2.45, 2.75) is 0 Å². The summed E-state index contributed by atoms with van der Waals surface area (Å²) in [5, 5.41) is 20.5. The van der Waals surface area contributed by atoms with Gasteiger partial charge in [-0.1, -0.05) is 12.1 Å². The average Bonchev–Trinajstić information content (AvgIpc) is 2.77. The van der Waals surface area contributed by atoms with Gasteiger partial charge in [-0.05, 0) is 22.6 Å². The molecular formula is C9H6IN5O3. The van der Waals surface area contributed by atoms with Gasteiger partial charge in [-0.3, -0.25) is 14.9 Å². The highest BCUT2D eigenvalue weighted by atomic mass is 127. The SMILES string of the molecule is NC(=O)c1n[nH]nc1-c1cccc([N+](=O)[O-])c1I. The molecule has 9 heteroatoms. The standard InChI is InChI=1S/C9H6IN5O3/c10-6-4(2-1-3-5(6)15(17)18)7-8(9(11)16)13-14-12-7/h1-3H,(H2,11,16)(H,12,13,14). The lowest BCUT2D eigenvalue weighted by molar-refractivity contribution is -0.385. The molecule has 1 aromatic heterocycles. The number of aromatic nitrogens is 3. The number of nitro benzene ring substituents is 1. The van der Waals surface area contributed by atoms with E-state index in [2.05, 4.69) is 15.4 Å². The summed E-state index contributed by atoms with van der Waals surface area (Å²) < 4.78 is 0.372. The molecular weight excluding hydrogens is 353 g/mol. The minimum Gasteiger partial charge on any atom is -0.364 e. The number of nitrogens with two attached hydrogens (primary N) is 1. The number of amides is 1. The van der Waals surface area contributed by atoms with E-state index in [-0.39, 0.29) is 17.1 Å². The molecule has 1 amide bonds. The van der Waals surface area contributed by atoms with Crippen molar-refractivity contribution in [3.8, 4) is 11.3 Å². The van der Waals surface area contributed by atoms with Crippen LogP contribution in [0.4, 0.5) is 5.69 Å². The zero-order valence-corrected chi connectivity index (χ0v) is 10.9. The van der Waals surface area contributed by atoms with Crippen LogP contribution in [0.15, 0.2) is 18.2 Å². The fourth-order valence-electron chi connectivity index (χ4n) is 1.43. The van der Waals surface area contributed by atoms with E-state index in [4.69, 9.17) is 5.73 Å². The maximum absolute atomic E-state index is 11.1. The topological polar surface area (TPSA) is 128 Å². The second-order valence-electron chi connectivity index (χ2n) is 3.28. The Morgan fingerprint density at radius 1 is 1.44 bits per heavy atom. The van der Waals surface area contributed by atoms with Crippen molar-refractivity contribution >= 4 is 34.2 Å². The van der Waals surface area contributed by atoms with Gasteiger partial charge in [0.05, 0.1) is 4.92 Å². The summed E-state index contributed by atoms with van der Waals surface area (Å²) in [5.74, 6) is -0.749. The van der Waals surface area contributed by atoms with E-state index in [0.717, 1.165) is 0 Å². The highest BCUT2D eigenvalue weighted by Gasteiger charge is 2.22. The van der Waals surface area contributed by atoms with E-state index in [1.165, 1.54) is 12.1 Å². The van der Waals surface area contributed by atoms with Gasteiger partial charge in [0.15, 0.2) is 5.69 Å². The lowest BCUT2D eigenvalue weighted by Crippen LogP contribution is -2.13. The van der Waals surface area contributed by atoms with E-state index in [1.807, 2.05) is 22.6 Å². The van der Waals surface area contributed by atoms with Crippen LogP contribution in [0.5, 0.6) is 0 Å². The number of hydrogen-bond acceptors (Lipinski definition) is 5. The normalized spacial score (nSPS) is 10.3. The summed E-state index contributed by atoms with van der Waals surface area (Å²) in [6, 6.07) is 4.49. The summed E-state index contributed by atoms with van der Waals surface area (Å²) in [6.07, 6.45) is 0. The molecule has 0 unspecified atom stereocenters. The average molecular weight is 359 g/mol. The van der Waals surface area contributed by atoms with Crippen molar-refractivity contribution in [2.24, 2.45) is 5.73 Å². The molecule has 92 valence electrons. The lowest BCUT2D eigenvalue weighted by Gasteiger charge is -2.02. The second kappa shape index (κ2) is 4.68. The fraction of sp³-hybridized carbons (Fsp3) is 0. The number of carbonyl (C=O) groups is 1. The quantitative estimate of drug-likeness (QED) is 0.482. The molecule has 0 atom stereocenters. The Labute approximate surface area is 114 Å². The highest BCUT2D eigenvalue weighted by Crippen LogP contribution is 2.31. The Kier molecular flexibility index (Phi) is 3.23. The molecule has 0 aliphatic heterocycles. The largest absolute Gasteiger partial charge is 0.364 e. The van der Waals surface area contributed by atoms with Gasteiger partial charge in [-0.2, -0.15) is 15.4 Å². The number of benzene rings is 1. The van der Waals surface area contributed by atoms with Crippen LogP contribution in [-0.4, -0.2) is 26.2 Å². The number of halogens is 1. The first kappa shape index (κ1) is 12.4. The van der Waals surface area contributed by atoms with Crippen molar-refractivity contribution < 1.29 is 9.72 Å². The monoisotopic (exact) mass is 359 g/mol. The molecule has 0 fully saturated rings. The van der Waals surface area contributed by atoms with Crippen LogP contribution in [0, 0.1) is 13.7 Å². The van der Waals surface area contributed by atoms with E-state index < -0.39 is 10.8 Å². The van der Waals surface area contributed by atoms with Crippen molar-refractivity contribution in [1.82, 2.24) is 15.4 Å². The van der Waals surface area contributed by atoms with Crippen LogP contribution in [-0.2, 0) is 0 Å². The molecule has 0 aliphatic rings. The van der Waals surface area contributed by atoms with Crippen LogP contribution in [0.1, 0.15) is 10.5 Å². The zero-order chi connectivity index (χ0) is 13.3. The highest BCUT2D eigenvalue weighted by molar-refractivity contribution is 14.1. The number of carbonyl (C=O) groups excluding carboxylic acids is 1. The van der Waals surface area contributed by atoms with Crippen molar-refractivity contribution in [3.63, 3.8) is 0 Å². The predicted octanol–water partition coefficient (Wildman–Crippen LogP) is 1.08. The number of primary amides is 1. The first-order chi connectivity index (χ1) is 8.52. The van der Waals surface area contributed by atoms with Gasteiger partial charge in [0.2, 0.25) is 0 Å². The van der Waals surface area contributed by atoms with Gasteiger partial charge in [0.25, 0.3) is 11.6 Å².